The molecule has 0 saturated heterocycles. The van der Waals surface area contributed by atoms with Crippen molar-refractivity contribution in [1.29, 1.82) is 0 Å². The maximum Gasteiger partial charge on any atom is 0.180 e. The molecule has 0 radical (unpaired) electrons. The lowest BCUT2D eigenvalue weighted by molar-refractivity contribution is 0.587. The molecule has 19 heavy (non-hydrogen) atoms. The van der Waals surface area contributed by atoms with Gasteiger partial charge < -0.3 is 5.73 Å². The molecule has 6 heteroatoms. The predicted molar refractivity (Wildman–Crippen MR) is 74.7 cm³/mol. The Kier molecular flexibility index (Phi) is 4.19. The van der Waals surface area contributed by atoms with Gasteiger partial charge in [-0.25, -0.2) is 8.42 Å². The standard InChI is InChI=1S/C13H13ClN2O2S/c14-10-4-6-11(7-5-10)19(17,18)9-12(15)13-3-1-2-8-16-13/h1-8,12H,9,15H2. The molecule has 2 N–H and O–H groups in total. The van der Waals surface area contributed by atoms with Gasteiger partial charge in [0.25, 0.3) is 0 Å². The first-order chi connectivity index (χ1) is 8.99. The number of hydrogen-bond donors (Lipinski definition) is 1. The average Bonchev–Trinajstić information content (AvgIpc) is 2.40. The highest BCUT2D eigenvalue weighted by Gasteiger charge is 2.20. The monoisotopic (exact) mass is 296 g/mol. The zero-order valence-corrected chi connectivity index (χ0v) is 11.6. The number of nitrogens with two attached hydrogens (primary N) is 1. The molecule has 2 rings (SSSR count). The summed E-state index contributed by atoms with van der Waals surface area (Å²) in [4.78, 5) is 4.27. The summed E-state index contributed by atoms with van der Waals surface area (Å²) in [5.41, 5.74) is 6.44. The number of nitrogens with zero attached hydrogens (tertiary/aromatic N) is 1. The van der Waals surface area contributed by atoms with E-state index in [4.69, 9.17) is 17.3 Å². The van der Waals surface area contributed by atoms with Gasteiger partial charge in [0.1, 0.15) is 0 Å². The lowest BCUT2D eigenvalue weighted by Gasteiger charge is -2.11. The number of rotatable bonds is 4. The molecule has 1 atom stereocenters. The SMILES string of the molecule is NC(CS(=O)(=O)c1ccc(Cl)cc1)c1ccccn1. The van der Waals surface area contributed by atoms with E-state index < -0.39 is 15.9 Å². The van der Waals surface area contributed by atoms with Crippen LogP contribution >= 0.6 is 11.6 Å². The predicted octanol–water partition coefficient (Wildman–Crippen LogP) is 2.21. The van der Waals surface area contributed by atoms with E-state index >= 15 is 0 Å². The van der Waals surface area contributed by atoms with Crippen molar-refractivity contribution in [2.45, 2.75) is 10.9 Å². The average molecular weight is 297 g/mol. The summed E-state index contributed by atoms with van der Waals surface area (Å²) in [5.74, 6) is -0.189. The van der Waals surface area contributed by atoms with Crippen LogP contribution in [0.5, 0.6) is 0 Å². The second kappa shape index (κ2) is 5.69. The van der Waals surface area contributed by atoms with Crippen LogP contribution < -0.4 is 5.73 Å². The molecule has 1 heterocycles. The third-order valence-corrected chi connectivity index (χ3v) is 4.68. The molecule has 4 nitrogen and oxygen atoms in total. The maximum absolute atomic E-state index is 12.2. The zero-order valence-electron chi connectivity index (χ0n) is 10.0. The fourth-order valence-corrected chi connectivity index (χ4v) is 3.17. The molecular formula is C13H13ClN2O2S. The molecular weight excluding hydrogens is 284 g/mol. The van der Waals surface area contributed by atoms with Crippen LogP contribution in [0.4, 0.5) is 0 Å². The lowest BCUT2D eigenvalue weighted by Crippen LogP contribution is -2.22. The fourth-order valence-electron chi connectivity index (χ4n) is 1.66. The van der Waals surface area contributed by atoms with Crippen LogP contribution in [0.2, 0.25) is 5.02 Å². The maximum atomic E-state index is 12.2. The number of aromatic nitrogens is 1. The van der Waals surface area contributed by atoms with E-state index in [9.17, 15) is 8.42 Å². The van der Waals surface area contributed by atoms with Gasteiger partial charge in [0, 0.05) is 11.2 Å². The van der Waals surface area contributed by atoms with Crippen LogP contribution in [-0.4, -0.2) is 19.2 Å². The van der Waals surface area contributed by atoms with E-state index in [1.807, 2.05) is 0 Å². The van der Waals surface area contributed by atoms with E-state index in [2.05, 4.69) is 4.98 Å². The molecule has 0 fully saturated rings. The van der Waals surface area contributed by atoms with E-state index in [0.717, 1.165) is 0 Å². The highest BCUT2D eigenvalue weighted by atomic mass is 35.5. The highest BCUT2D eigenvalue weighted by molar-refractivity contribution is 7.91. The van der Waals surface area contributed by atoms with E-state index in [1.165, 1.54) is 12.1 Å². The van der Waals surface area contributed by atoms with Crippen molar-refractivity contribution < 1.29 is 8.42 Å². The van der Waals surface area contributed by atoms with Crippen molar-refractivity contribution >= 4 is 21.4 Å². The minimum absolute atomic E-state index is 0.189. The van der Waals surface area contributed by atoms with Crippen molar-refractivity contribution in [1.82, 2.24) is 4.98 Å². The van der Waals surface area contributed by atoms with Crippen molar-refractivity contribution in [3.05, 3.63) is 59.4 Å². The van der Waals surface area contributed by atoms with Crippen molar-refractivity contribution in [2.75, 3.05) is 5.75 Å². The summed E-state index contributed by atoms with van der Waals surface area (Å²) >= 11 is 5.73. The van der Waals surface area contributed by atoms with Gasteiger partial charge in [0.2, 0.25) is 0 Å². The number of pyridine rings is 1. The van der Waals surface area contributed by atoms with Crippen LogP contribution in [-0.2, 0) is 9.84 Å². The minimum Gasteiger partial charge on any atom is -0.322 e. The van der Waals surface area contributed by atoms with Crippen LogP contribution in [0.1, 0.15) is 11.7 Å². The van der Waals surface area contributed by atoms with Gasteiger partial charge in [-0.05, 0) is 36.4 Å². The smallest absolute Gasteiger partial charge is 0.180 e. The van der Waals surface area contributed by atoms with Gasteiger partial charge in [0.05, 0.1) is 22.4 Å². The summed E-state index contributed by atoms with van der Waals surface area (Å²) in [6.45, 7) is 0. The van der Waals surface area contributed by atoms with E-state index in [0.29, 0.717) is 10.7 Å². The summed E-state index contributed by atoms with van der Waals surface area (Å²) in [7, 11) is -3.45. The number of benzene rings is 1. The molecule has 0 aliphatic heterocycles. The van der Waals surface area contributed by atoms with Crippen LogP contribution in [0, 0.1) is 0 Å². The van der Waals surface area contributed by atoms with Gasteiger partial charge in [-0.1, -0.05) is 17.7 Å². The highest BCUT2D eigenvalue weighted by Crippen LogP contribution is 2.19. The molecule has 0 spiro atoms. The van der Waals surface area contributed by atoms with Crippen molar-refractivity contribution in [3.63, 3.8) is 0 Å². The molecule has 1 unspecified atom stereocenters. The second-order valence-corrected chi connectivity index (χ2v) is 6.57. The zero-order chi connectivity index (χ0) is 13.9. The number of sulfone groups is 1. The van der Waals surface area contributed by atoms with E-state index in [1.54, 1.807) is 36.5 Å². The molecule has 1 aromatic carbocycles. The Hall–Kier alpha value is -1.43. The molecule has 1 aromatic heterocycles. The Morgan fingerprint density at radius 1 is 1.16 bits per heavy atom. The largest absolute Gasteiger partial charge is 0.322 e. The third kappa shape index (κ3) is 3.53. The molecule has 0 aliphatic rings. The van der Waals surface area contributed by atoms with Crippen LogP contribution in [0.15, 0.2) is 53.6 Å². The Morgan fingerprint density at radius 3 is 2.42 bits per heavy atom. The Morgan fingerprint density at radius 2 is 1.84 bits per heavy atom. The summed E-state index contributed by atoms with van der Waals surface area (Å²) in [5, 5.41) is 0.493. The van der Waals surface area contributed by atoms with Gasteiger partial charge in [-0.2, -0.15) is 0 Å². The van der Waals surface area contributed by atoms with Gasteiger partial charge in [-0.3, -0.25) is 4.98 Å². The normalized spacial score (nSPS) is 13.2. The van der Waals surface area contributed by atoms with Crippen molar-refractivity contribution in [2.24, 2.45) is 5.73 Å². The topological polar surface area (TPSA) is 73.1 Å². The van der Waals surface area contributed by atoms with Gasteiger partial charge in [-0.15, -0.1) is 0 Å². The molecule has 0 aliphatic carbocycles. The van der Waals surface area contributed by atoms with Crippen LogP contribution in [0.3, 0.4) is 0 Å². The molecule has 0 saturated carbocycles. The fraction of sp³-hybridized carbons (Fsp3) is 0.154. The molecule has 100 valence electrons. The summed E-state index contributed by atoms with van der Waals surface area (Å²) < 4.78 is 24.4. The Balaban J connectivity index is 2.20. The van der Waals surface area contributed by atoms with Gasteiger partial charge >= 0.3 is 0 Å². The summed E-state index contributed by atoms with van der Waals surface area (Å²) in [6, 6.07) is 10.6. The van der Waals surface area contributed by atoms with Crippen molar-refractivity contribution in [3.8, 4) is 0 Å². The lowest BCUT2D eigenvalue weighted by atomic mass is 10.2. The molecule has 0 amide bonds. The quantitative estimate of drug-likeness (QED) is 0.939. The Bertz CT molecular complexity index is 642. The first-order valence-electron chi connectivity index (χ1n) is 5.64. The second-order valence-electron chi connectivity index (χ2n) is 4.10. The Labute approximate surface area is 117 Å². The van der Waals surface area contributed by atoms with Gasteiger partial charge in [0.15, 0.2) is 9.84 Å². The first kappa shape index (κ1) is 14.0. The molecule has 2 aromatic rings. The number of halogens is 1. The first-order valence-corrected chi connectivity index (χ1v) is 7.67. The summed E-state index contributed by atoms with van der Waals surface area (Å²) in [6.07, 6.45) is 1.59. The van der Waals surface area contributed by atoms with E-state index in [-0.39, 0.29) is 10.6 Å². The molecule has 0 bridgehead atoms. The third-order valence-electron chi connectivity index (χ3n) is 2.64. The number of hydrogen-bond acceptors (Lipinski definition) is 4. The minimum atomic E-state index is -3.45. The van der Waals surface area contributed by atoms with Crippen LogP contribution in [0.25, 0.3) is 0 Å².